The van der Waals surface area contributed by atoms with Gasteiger partial charge in [-0.15, -0.1) is 0 Å². The summed E-state index contributed by atoms with van der Waals surface area (Å²) in [6.07, 6.45) is 5.52. The molecule has 6 rings (SSSR count). The van der Waals surface area contributed by atoms with Gasteiger partial charge in [-0.2, -0.15) is 13.2 Å². The van der Waals surface area contributed by atoms with Gasteiger partial charge in [0.1, 0.15) is 47.8 Å². The number of halogens is 4. The summed E-state index contributed by atoms with van der Waals surface area (Å²) >= 11 is 6.14. The number of hydrogen-bond donors (Lipinski definition) is 3. The van der Waals surface area contributed by atoms with Crippen molar-refractivity contribution < 1.29 is 70.7 Å². The minimum Gasteiger partial charge on any atom is -0.343 e. The predicted molar refractivity (Wildman–Crippen MR) is 366 cm³/mol. The highest BCUT2D eigenvalue weighted by Gasteiger charge is 2.48. The number of likely N-dealkylation sites (N-methyl/N-ethyl adjacent to an activating group) is 7. The van der Waals surface area contributed by atoms with E-state index in [0.717, 1.165) is 84.6 Å². The molecule has 2 aliphatic carbocycles. The number of piperidine rings is 1. The number of aryl methyl sites for hydroxylation is 1. The predicted octanol–water partition coefficient (Wildman–Crippen LogP) is 5.89. The number of nitrogens with zero attached hydrogens (tertiary/aromatic N) is 9. The Morgan fingerprint density at radius 3 is 1.81 bits per heavy atom. The molecule has 24 nitrogen and oxygen atoms in total. The maximum atomic E-state index is 15.6. The normalized spacial score (nSPS) is 26.4. The summed E-state index contributed by atoms with van der Waals surface area (Å²) in [5, 5.41) is 7.91. The first-order valence-electron chi connectivity index (χ1n) is 35.6. The van der Waals surface area contributed by atoms with Gasteiger partial charge in [-0.1, -0.05) is 103 Å². The van der Waals surface area contributed by atoms with E-state index >= 15 is 24.0 Å². The largest absolute Gasteiger partial charge is 0.417 e. The van der Waals surface area contributed by atoms with Gasteiger partial charge in [0.05, 0.1) is 36.6 Å². The number of nitrogens with one attached hydrogen (secondary N) is 3. The molecule has 1 aromatic carbocycles. The number of rotatable bonds is 11. The maximum Gasteiger partial charge on any atom is 0.417 e. The zero-order chi connectivity index (χ0) is 73.5. The number of carbonyl (C=O) groups is 12. The van der Waals surface area contributed by atoms with E-state index in [9.17, 15) is 46.7 Å². The number of carbonyl (C=O) groups excluding carboxylic acids is 12. The van der Waals surface area contributed by atoms with Crippen molar-refractivity contribution in [3.8, 4) is 0 Å². The van der Waals surface area contributed by atoms with Crippen molar-refractivity contribution in [2.45, 2.75) is 230 Å². The third kappa shape index (κ3) is 21.3. The van der Waals surface area contributed by atoms with Gasteiger partial charge in [0.25, 0.3) is 0 Å². The van der Waals surface area contributed by atoms with Crippen LogP contribution in [0.1, 0.15) is 181 Å². The van der Waals surface area contributed by atoms with Crippen molar-refractivity contribution >= 4 is 82.5 Å². The highest BCUT2D eigenvalue weighted by atomic mass is 35.5. The smallest absolute Gasteiger partial charge is 0.343 e. The lowest BCUT2D eigenvalue weighted by Gasteiger charge is -2.43. The van der Waals surface area contributed by atoms with Crippen molar-refractivity contribution in [2.24, 2.45) is 23.7 Å². The van der Waals surface area contributed by atoms with Crippen molar-refractivity contribution in [2.75, 3.05) is 88.6 Å². The van der Waals surface area contributed by atoms with E-state index in [2.05, 4.69) is 16.0 Å². The number of benzene rings is 1. The number of amides is 12. The summed E-state index contributed by atoms with van der Waals surface area (Å²) in [5.74, 6) is -9.04. The Bertz CT molecular complexity index is 3060. The summed E-state index contributed by atoms with van der Waals surface area (Å²) in [6, 6.07) is -5.65. The van der Waals surface area contributed by atoms with Crippen LogP contribution in [-0.2, 0) is 70.1 Å². The molecule has 12 amide bonds. The van der Waals surface area contributed by atoms with Gasteiger partial charge in [-0.25, -0.2) is 0 Å². The van der Waals surface area contributed by atoms with Gasteiger partial charge >= 0.3 is 6.18 Å². The Kier molecular flexibility index (Phi) is 29.4. The molecule has 5 aliphatic rings. The Balaban J connectivity index is 1.42. The molecule has 3 aliphatic heterocycles. The number of likely N-dealkylation sites (tertiary alicyclic amines) is 1. The van der Waals surface area contributed by atoms with Gasteiger partial charge in [-0.05, 0) is 126 Å². The SMILES string of the molecule is CC[C@H](C)[C@@H]1NC(=O)[C@H](CC(C)C)N(C)C(=O)C[C@@H](C(=O)N2CCCCC2)N(C)C(=O)[C@H](C2CCCCC2)N(C)C(=O)C(C)(C)NC(=O)C2CCCN2C(=O)[C@H](CCc2ccc(C(F)(F)F)c(Cl)c2)NC(=O)CN(C)C(=O)[C@H](CC2CCCCC2)N(C)C(=O)CN(C)C(=O)CN(C)C1=O. The molecule has 1 aromatic rings. The van der Waals surface area contributed by atoms with Crippen LogP contribution in [0, 0.1) is 23.7 Å². The molecule has 2 saturated carbocycles. The van der Waals surface area contributed by atoms with E-state index in [1.54, 1.807) is 11.8 Å². The molecule has 1 unspecified atom stereocenters. The first kappa shape index (κ1) is 80.9. The lowest BCUT2D eigenvalue weighted by molar-refractivity contribution is -0.156. The van der Waals surface area contributed by atoms with Crippen LogP contribution in [0.2, 0.25) is 5.02 Å². The van der Waals surface area contributed by atoms with Crippen LogP contribution in [-0.4, -0.2) is 251 Å². The van der Waals surface area contributed by atoms with Crippen molar-refractivity contribution in [3.05, 3.63) is 34.3 Å². The topological polar surface area (TPSA) is 270 Å². The average Bonchev–Trinajstić information content (AvgIpc) is 1.57. The molecule has 554 valence electrons. The van der Waals surface area contributed by atoms with Crippen molar-refractivity contribution in [1.29, 1.82) is 0 Å². The van der Waals surface area contributed by atoms with Gasteiger partial charge in [0.2, 0.25) is 70.9 Å². The number of alkyl halides is 3. The van der Waals surface area contributed by atoms with Crippen LogP contribution < -0.4 is 16.0 Å². The van der Waals surface area contributed by atoms with Gasteiger partial charge in [0, 0.05) is 69.0 Å². The lowest BCUT2D eigenvalue weighted by Crippen LogP contribution is -2.64. The summed E-state index contributed by atoms with van der Waals surface area (Å²) in [7, 11) is 9.90. The fraction of sp³-hybridized carbons (Fsp3) is 0.746. The molecule has 3 heterocycles. The Morgan fingerprint density at radius 1 is 0.626 bits per heavy atom. The second-order valence-electron chi connectivity index (χ2n) is 29.5. The van der Waals surface area contributed by atoms with E-state index < -0.39 is 173 Å². The molecule has 5 fully saturated rings. The van der Waals surface area contributed by atoms with Crippen LogP contribution >= 0.6 is 11.6 Å². The molecule has 3 saturated heterocycles. The molecule has 0 spiro atoms. The van der Waals surface area contributed by atoms with Gasteiger partial charge in [0.15, 0.2) is 0 Å². The zero-order valence-corrected chi connectivity index (χ0v) is 61.4. The third-order valence-corrected chi connectivity index (χ3v) is 21.4. The Labute approximate surface area is 587 Å². The zero-order valence-electron chi connectivity index (χ0n) is 60.6. The highest BCUT2D eigenvalue weighted by molar-refractivity contribution is 6.31. The number of fused-ring (bicyclic) bond motifs is 1. The highest BCUT2D eigenvalue weighted by Crippen LogP contribution is 2.37. The molecule has 0 aromatic heterocycles. The van der Waals surface area contributed by atoms with Crippen LogP contribution in [0.15, 0.2) is 18.2 Å². The summed E-state index contributed by atoms with van der Waals surface area (Å²) < 4.78 is 41.5. The second-order valence-corrected chi connectivity index (χ2v) is 29.9. The minimum absolute atomic E-state index is 0.0171. The van der Waals surface area contributed by atoms with E-state index in [1.165, 1.54) is 93.7 Å². The van der Waals surface area contributed by atoms with Gasteiger partial charge in [-0.3, -0.25) is 57.5 Å². The average molecular weight is 1420 g/mol. The summed E-state index contributed by atoms with van der Waals surface area (Å²) in [6.45, 7) is 9.32. The molecule has 99 heavy (non-hydrogen) atoms. The summed E-state index contributed by atoms with van der Waals surface area (Å²) in [4.78, 5) is 189. The lowest BCUT2D eigenvalue weighted by atomic mass is 9.82. The monoisotopic (exact) mass is 1410 g/mol. The van der Waals surface area contributed by atoms with E-state index in [0.29, 0.717) is 57.2 Å². The Morgan fingerprint density at radius 2 is 1.21 bits per heavy atom. The quantitative estimate of drug-likeness (QED) is 0.234. The Hall–Kier alpha value is -7.06. The first-order valence-corrected chi connectivity index (χ1v) is 36.0. The van der Waals surface area contributed by atoms with E-state index in [-0.39, 0.29) is 50.5 Å². The van der Waals surface area contributed by atoms with Crippen LogP contribution in [0.5, 0.6) is 0 Å². The molecular weight excluding hydrogens is 1310 g/mol. The van der Waals surface area contributed by atoms with Crippen molar-refractivity contribution in [1.82, 2.24) is 60.0 Å². The van der Waals surface area contributed by atoms with Crippen molar-refractivity contribution in [3.63, 3.8) is 0 Å². The van der Waals surface area contributed by atoms with E-state index in [4.69, 9.17) is 11.6 Å². The molecular formula is C71H110ClF3N12O12. The van der Waals surface area contributed by atoms with E-state index in [1.807, 2.05) is 20.8 Å². The van der Waals surface area contributed by atoms with Crippen LogP contribution in [0.4, 0.5) is 13.2 Å². The third-order valence-electron chi connectivity index (χ3n) is 21.1. The molecule has 0 radical (unpaired) electrons. The standard InChI is InChI=1S/C71H110ClF3N12O12/c1-14-45(4)60-67(97)81(9)42-58(90)79(7)43-59(91)83(11)54(39-46-25-18-15-19-26-46)65(95)80(8)41-56(88)76-51(33-31-47-30-32-49(50(72)38-47)71(73,74)75)64(94)87-36-24-29-52(87)63(93)78-70(5,6)69(99)85(13)61(48-27-20-16-21-28-48)68(98)84(12)55(66(96)86-34-22-17-23-35-86)40-57(89)82(10)53(37-44(2)3)62(92)77-60/h30,32,38,44-46,48,51-55,60-61H,14-29,31,33-37,39-43H2,1-13H3,(H,76,88)(H,77,92)(H,78,93)/t45-,51-,52?,53-,54-,55-,60-,61-/m0/s1. The van der Waals surface area contributed by atoms with Crippen LogP contribution in [0.25, 0.3) is 0 Å². The minimum atomic E-state index is -4.76. The molecule has 28 heteroatoms. The maximum absolute atomic E-state index is 15.6. The number of hydrogen-bond acceptors (Lipinski definition) is 12. The second kappa shape index (κ2) is 36.0. The summed E-state index contributed by atoms with van der Waals surface area (Å²) in [5.41, 5.74) is -2.55. The van der Waals surface area contributed by atoms with Gasteiger partial charge < -0.3 is 60.0 Å². The fourth-order valence-electron chi connectivity index (χ4n) is 14.7. The molecule has 8 atom stereocenters. The molecule has 0 bridgehead atoms. The van der Waals surface area contributed by atoms with Crippen LogP contribution in [0.3, 0.4) is 0 Å². The fourth-order valence-corrected chi connectivity index (χ4v) is 15.0. The molecule has 3 N–H and O–H groups in total. The first-order chi connectivity index (χ1) is 46.5.